The summed E-state index contributed by atoms with van der Waals surface area (Å²) in [5.41, 5.74) is 6.34. The molecule has 2 aromatic heterocycles. The topological polar surface area (TPSA) is 69.6 Å². The highest BCUT2D eigenvalue weighted by molar-refractivity contribution is 6.30. The van der Waals surface area contributed by atoms with E-state index in [1.807, 2.05) is 6.07 Å². The van der Waals surface area contributed by atoms with Crippen LogP contribution in [-0.4, -0.2) is 19.7 Å². The summed E-state index contributed by atoms with van der Waals surface area (Å²) in [5.74, 6) is 0.264. The van der Waals surface area contributed by atoms with Gasteiger partial charge in [-0.3, -0.25) is 4.98 Å². The normalized spacial score (nSPS) is 10.4. The van der Waals surface area contributed by atoms with Crippen LogP contribution >= 0.6 is 11.6 Å². The van der Waals surface area contributed by atoms with Gasteiger partial charge < -0.3 is 5.73 Å². The highest BCUT2D eigenvalue weighted by Gasteiger charge is 1.99. The Balaban J connectivity index is 2.18. The summed E-state index contributed by atoms with van der Waals surface area (Å²) >= 11 is 5.78. The molecule has 14 heavy (non-hydrogen) atoms. The Morgan fingerprint density at radius 3 is 2.93 bits per heavy atom. The second-order valence-corrected chi connectivity index (χ2v) is 3.25. The summed E-state index contributed by atoms with van der Waals surface area (Å²) < 4.78 is 1.63. The van der Waals surface area contributed by atoms with Crippen molar-refractivity contribution in [1.29, 1.82) is 0 Å². The van der Waals surface area contributed by atoms with Crippen LogP contribution in [0.2, 0.25) is 5.02 Å². The maximum absolute atomic E-state index is 5.78. The van der Waals surface area contributed by atoms with Crippen molar-refractivity contribution in [3.05, 3.63) is 35.4 Å². The second-order valence-electron chi connectivity index (χ2n) is 2.81. The number of halogens is 1. The molecule has 0 bridgehead atoms. The third kappa shape index (κ3) is 2.00. The molecule has 0 unspecified atom stereocenters. The van der Waals surface area contributed by atoms with Crippen LogP contribution < -0.4 is 5.73 Å². The molecule has 0 aliphatic carbocycles. The van der Waals surface area contributed by atoms with Crippen LogP contribution in [0.25, 0.3) is 0 Å². The zero-order valence-electron chi connectivity index (χ0n) is 7.26. The van der Waals surface area contributed by atoms with E-state index in [9.17, 15) is 0 Å². The zero-order chi connectivity index (χ0) is 9.97. The third-order valence-electron chi connectivity index (χ3n) is 1.66. The Bertz CT molecular complexity index is 439. The van der Waals surface area contributed by atoms with Gasteiger partial charge in [0.05, 0.1) is 11.6 Å². The maximum Gasteiger partial charge on any atom is 0.239 e. The highest BCUT2D eigenvalue weighted by Crippen LogP contribution is 2.09. The van der Waals surface area contributed by atoms with Crippen molar-refractivity contribution in [2.24, 2.45) is 0 Å². The van der Waals surface area contributed by atoms with Crippen LogP contribution in [0.4, 0.5) is 5.95 Å². The van der Waals surface area contributed by atoms with Crippen LogP contribution in [0.5, 0.6) is 0 Å². The minimum absolute atomic E-state index is 0.264. The summed E-state index contributed by atoms with van der Waals surface area (Å²) in [6.07, 6.45) is 4.88. The number of nitrogens with zero attached hydrogens (tertiary/aromatic N) is 4. The van der Waals surface area contributed by atoms with Crippen LogP contribution in [0.1, 0.15) is 5.56 Å². The monoisotopic (exact) mass is 209 g/mol. The number of nitrogens with two attached hydrogens (primary N) is 1. The molecule has 2 rings (SSSR count). The lowest BCUT2D eigenvalue weighted by Gasteiger charge is -1.99. The maximum atomic E-state index is 5.78. The molecule has 0 saturated carbocycles. The molecule has 0 aromatic carbocycles. The van der Waals surface area contributed by atoms with E-state index in [2.05, 4.69) is 15.1 Å². The molecule has 0 aliphatic heterocycles. The van der Waals surface area contributed by atoms with Crippen molar-refractivity contribution < 1.29 is 0 Å². The van der Waals surface area contributed by atoms with Crippen LogP contribution in [-0.2, 0) is 6.54 Å². The molecule has 0 atom stereocenters. The summed E-state index contributed by atoms with van der Waals surface area (Å²) in [6.45, 7) is 0.567. The summed E-state index contributed by atoms with van der Waals surface area (Å²) in [6, 6.07) is 1.83. The molecule has 6 heteroatoms. The number of nitrogen functional groups attached to an aromatic ring is 1. The first kappa shape index (κ1) is 8.96. The fourth-order valence-corrected chi connectivity index (χ4v) is 1.31. The van der Waals surface area contributed by atoms with Gasteiger partial charge in [-0.15, -0.1) is 5.10 Å². The number of pyridine rings is 1. The van der Waals surface area contributed by atoms with E-state index in [1.165, 1.54) is 0 Å². The highest BCUT2D eigenvalue weighted by atomic mass is 35.5. The van der Waals surface area contributed by atoms with E-state index in [0.29, 0.717) is 11.6 Å². The van der Waals surface area contributed by atoms with Gasteiger partial charge >= 0.3 is 0 Å². The number of anilines is 1. The van der Waals surface area contributed by atoms with Crippen LogP contribution in [0.15, 0.2) is 24.8 Å². The first-order chi connectivity index (χ1) is 6.74. The van der Waals surface area contributed by atoms with Crippen molar-refractivity contribution >= 4 is 17.5 Å². The molecule has 0 spiro atoms. The molecule has 0 fully saturated rings. The number of rotatable bonds is 2. The lowest BCUT2D eigenvalue weighted by atomic mass is 10.3. The Labute approximate surface area is 85.5 Å². The molecule has 2 heterocycles. The zero-order valence-corrected chi connectivity index (χ0v) is 8.02. The summed E-state index contributed by atoms with van der Waals surface area (Å²) in [7, 11) is 0. The van der Waals surface area contributed by atoms with Crippen molar-refractivity contribution in [1.82, 2.24) is 19.7 Å². The molecule has 0 aliphatic rings. The predicted octanol–water partition coefficient (Wildman–Crippen LogP) is 0.957. The van der Waals surface area contributed by atoms with Gasteiger partial charge in [0.15, 0.2) is 0 Å². The van der Waals surface area contributed by atoms with Gasteiger partial charge in [0.25, 0.3) is 0 Å². The first-order valence-corrected chi connectivity index (χ1v) is 4.36. The summed E-state index contributed by atoms with van der Waals surface area (Å²) in [5, 5.41) is 4.56. The smallest absolute Gasteiger partial charge is 0.239 e. The lowest BCUT2D eigenvalue weighted by Crippen LogP contribution is -2.01. The van der Waals surface area contributed by atoms with Gasteiger partial charge in [-0.25, -0.2) is 9.67 Å². The fraction of sp³-hybridized carbons (Fsp3) is 0.125. The van der Waals surface area contributed by atoms with E-state index in [4.69, 9.17) is 17.3 Å². The Hall–Kier alpha value is -1.62. The Morgan fingerprint density at radius 2 is 2.29 bits per heavy atom. The van der Waals surface area contributed by atoms with E-state index < -0.39 is 0 Å². The second kappa shape index (κ2) is 3.63. The molecule has 72 valence electrons. The molecule has 5 nitrogen and oxygen atoms in total. The fourth-order valence-electron chi connectivity index (χ4n) is 1.11. The minimum Gasteiger partial charge on any atom is -0.367 e. The average molecular weight is 210 g/mol. The minimum atomic E-state index is 0.264. The van der Waals surface area contributed by atoms with Crippen LogP contribution in [0, 0.1) is 0 Å². The number of aromatic nitrogens is 4. The molecule has 2 N–H and O–H groups in total. The Kier molecular flexibility index (Phi) is 2.32. The van der Waals surface area contributed by atoms with Gasteiger partial charge in [0, 0.05) is 12.4 Å². The van der Waals surface area contributed by atoms with Gasteiger partial charge in [-0.05, 0) is 11.6 Å². The van der Waals surface area contributed by atoms with Crippen molar-refractivity contribution in [3.63, 3.8) is 0 Å². The summed E-state index contributed by atoms with van der Waals surface area (Å²) in [4.78, 5) is 7.77. The van der Waals surface area contributed by atoms with Gasteiger partial charge in [0.1, 0.15) is 6.33 Å². The van der Waals surface area contributed by atoms with Gasteiger partial charge in [-0.1, -0.05) is 11.6 Å². The van der Waals surface area contributed by atoms with E-state index in [1.54, 1.807) is 23.4 Å². The van der Waals surface area contributed by atoms with E-state index in [0.717, 1.165) is 5.56 Å². The molecular weight excluding hydrogens is 202 g/mol. The SMILES string of the molecule is Nc1ncn(Cc2cncc(Cl)c2)n1. The van der Waals surface area contributed by atoms with Crippen molar-refractivity contribution in [2.45, 2.75) is 6.54 Å². The number of hydrogen-bond acceptors (Lipinski definition) is 4. The van der Waals surface area contributed by atoms with Crippen molar-refractivity contribution in [3.8, 4) is 0 Å². The predicted molar refractivity (Wildman–Crippen MR) is 52.8 cm³/mol. The first-order valence-electron chi connectivity index (χ1n) is 3.98. The number of hydrogen-bond donors (Lipinski definition) is 1. The lowest BCUT2D eigenvalue weighted by molar-refractivity contribution is 0.685. The Morgan fingerprint density at radius 1 is 1.43 bits per heavy atom. The average Bonchev–Trinajstić information content (AvgIpc) is 2.51. The molecule has 0 saturated heterocycles. The quantitative estimate of drug-likeness (QED) is 0.800. The van der Waals surface area contributed by atoms with Gasteiger partial charge in [0.2, 0.25) is 5.95 Å². The largest absolute Gasteiger partial charge is 0.367 e. The molecule has 2 aromatic rings. The molecule has 0 radical (unpaired) electrons. The third-order valence-corrected chi connectivity index (χ3v) is 1.87. The standard InChI is InChI=1S/C8H8ClN5/c9-7-1-6(2-11-3-7)4-14-5-12-8(10)13-14/h1-3,5H,4H2,(H2,10,13). The van der Waals surface area contributed by atoms with Gasteiger partial charge in [-0.2, -0.15) is 0 Å². The molecular formula is C8H8ClN5. The van der Waals surface area contributed by atoms with Crippen molar-refractivity contribution in [2.75, 3.05) is 5.73 Å². The van der Waals surface area contributed by atoms with E-state index >= 15 is 0 Å². The van der Waals surface area contributed by atoms with E-state index in [-0.39, 0.29) is 5.95 Å². The van der Waals surface area contributed by atoms with Crippen LogP contribution in [0.3, 0.4) is 0 Å². The molecule has 0 amide bonds.